The second-order valence-electron chi connectivity index (χ2n) is 3.51. The van der Waals surface area contributed by atoms with Crippen molar-refractivity contribution in [2.75, 3.05) is 5.75 Å². The predicted octanol–water partition coefficient (Wildman–Crippen LogP) is 2.25. The molecule has 0 spiro atoms. The van der Waals surface area contributed by atoms with Gasteiger partial charge in [0.05, 0.1) is 11.2 Å². The Kier molecular flexibility index (Phi) is 2.09. The standard InChI is InChI=1S/C8H11ClN2S/c9-7-3-10-11(4-7)5-8(6-12)1-2-8/h3-4,12H,1-2,5-6H2. The molecule has 1 aromatic heterocycles. The van der Waals surface area contributed by atoms with Crippen LogP contribution in [0.1, 0.15) is 12.8 Å². The van der Waals surface area contributed by atoms with Gasteiger partial charge in [0.25, 0.3) is 0 Å². The normalized spacial score (nSPS) is 19.5. The Morgan fingerprint density at radius 2 is 2.42 bits per heavy atom. The van der Waals surface area contributed by atoms with Crippen LogP contribution in [0.2, 0.25) is 5.02 Å². The fourth-order valence-electron chi connectivity index (χ4n) is 1.31. The van der Waals surface area contributed by atoms with Crippen LogP contribution in [-0.4, -0.2) is 15.5 Å². The van der Waals surface area contributed by atoms with Crippen LogP contribution in [0.3, 0.4) is 0 Å². The molecular formula is C8H11ClN2S. The van der Waals surface area contributed by atoms with Crippen molar-refractivity contribution < 1.29 is 0 Å². The van der Waals surface area contributed by atoms with E-state index >= 15 is 0 Å². The number of hydrogen-bond donors (Lipinski definition) is 1. The molecule has 0 aliphatic heterocycles. The van der Waals surface area contributed by atoms with E-state index < -0.39 is 0 Å². The molecule has 2 rings (SSSR count). The highest BCUT2D eigenvalue weighted by Crippen LogP contribution is 2.47. The number of aromatic nitrogens is 2. The number of hydrogen-bond acceptors (Lipinski definition) is 2. The molecule has 1 aliphatic rings. The lowest BCUT2D eigenvalue weighted by molar-refractivity contribution is 0.440. The molecule has 0 unspecified atom stereocenters. The molecule has 0 bridgehead atoms. The van der Waals surface area contributed by atoms with E-state index in [1.165, 1.54) is 12.8 Å². The van der Waals surface area contributed by atoms with Gasteiger partial charge < -0.3 is 0 Å². The molecule has 0 radical (unpaired) electrons. The van der Waals surface area contributed by atoms with E-state index in [4.69, 9.17) is 11.6 Å². The minimum atomic E-state index is 0.415. The molecule has 0 aromatic carbocycles. The van der Waals surface area contributed by atoms with Crippen molar-refractivity contribution in [2.45, 2.75) is 19.4 Å². The summed E-state index contributed by atoms with van der Waals surface area (Å²) in [6.45, 7) is 0.962. The van der Waals surface area contributed by atoms with Gasteiger partial charge in [0.15, 0.2) is 0 Å². The van der Waals surface area contributed by atoms with E-state index in [1.807, 2.05) is 10.9 Å². The van der Waals surface area contributed by atoms with Crippen molar-refractivity contribution in [1.82, 2.24) is 9.78 Å². The summed E-state index contributed by atoms with van der Waals surface area (Å²) in [4.78, 5) is 0. The highest BCUT2D eigenvalue weighted by molar-refractivity contribution is 7.80. The fourth-order valence-corrected chi connectivity index (χ4v) is 1.88. The maximum atomic E-state index is 5.75. The van der Waals surface area contributed by atoms with Crippen LogP contribution >= 0.6 is 24.2 Å². The Labute approximate surface area is 82.3 Å². The molecule has 1 fully saturated rings. The van der Waals surface area contributed by atoms with E-state index in [0.717, 1.165) is 12.3 Å². The average Bonchev–Trinajstić information content (AvgIpc) is 2.71. The molecule has 0 N–H and O–H groups in total. The second-order valence-corrected chi connectivity index (χ2v) is 4.27. The fraction of sp³-hybridized carbons (Fsp3) is 0.625. The van der Waals surface area contributed by atoms with E-state index in [9.17, 15) is 0 Å². The Hall–Kier alpha value is -0.150. The van der Waals surface area contributed by atoms with Gasteiger partial charge in [0, 0.05) is 12.7 Å². The topological polar surface area (TPSA) is 17.8 Å². The van der Waals surface area contributed by atoms with E-state index in [1.54, 1.807) is 6.20 Å². The molecule has 1 saturated carbocycles. The Morgan fingerprint density at radius 3 is 2.83 bits per heavy atom. The first-order chi connectivity index (χ1) is 5.74. The molecule has 0 atom stereocenters. The number of rotatable bonds is 3. The lowest BCUT2D eigenvalue weighted by Crippen LogP contribution is -2.13. The Morgan fingerprint density at radius 1 is 1.67 bits per heavy atom. The summed E-state index contributed by atoms with van der Waals surface area (Å²) in [5.74, 6) is 0.949. The van der Waals surface area contributed by atoms with Crippen LogP contribution in [0.15, 0.2) is 12.4 Å². The SMILES string of the molecule is SCC1(Cn2cc(Cl)cn2)CC1. The lowest BCUT2D eigenvalue weighted by Gasteiger charge is -2.10. The Bertz CT molecular complexity index is 280. The zero-order valence-electron chi connectivity index (χ0n) is 6.70. The predicted molar refractivity (Wildman–Crippen MR) is 52.8 cm³/mol. The third-order valence-electron chi connectivity index (χ3n) is 2.39. The quantitative estimate of drug-likeness (QED) is 0.745. The van der Waals surface area contributed by atoms with Crippen LogP contribution in [0.25, 0.3) is 0 Å². The summed E-state index contributed by atoms with van der Waals surface area (Å²) in [6.07, 6.45) is 6.09. The molecule has 1 aliphatic carbocycles. The van der Waals surface area contributed by atoms with Crippen LogP contribution in [0, 0.1) is 5.41 Å². The molecule has 2 nitrogen and oxygen atoms in total. The number of nitrogens with zero attached hydrogens (tertiary/aromatic N) is 2. The van der Waals surface area contributed by atoms with Gasteiger partial charge in [-0.25, -0.2) is 0 Å². The second kappa shape index (κ2) is 2.96. The van der Waals surface area contributed by atoms with Gasteiger partial charge in [0.2, 0.25) is 0 Å². The van der Waals surface area contributed by atoms with Crippen molar-refractivity contribution in [1.29, 1.82) is 0 Å². The summed E-state index contributed by atoms with van der Waals surface area (Å²) in [6, 6.07) is 0. The van der Waals surface area contributed by atoms with Crippen LogP contribution in [0.4, 0.5) is 0 Å². The molecule has 1 heterocycles. The molecule has 0 saturated heterocycles. The first-order valence-electron chi connectivity index (χ1n) is 4.03. The van der Waals surface area contributed by atoms with Gasteiger partial charge in [0.1, 0.15) is 0 Å². The lowest BCUT2D eigenvalue weighted by atomic mass is 10.1. The summed E-state index contributed by atoms with van der Waals surface area (Å²) in [7, 11) is 0. The van der Waals surface area contributed by atoms with E-state index in [2.05, 4.69) is 17.7 Å². The van der Waals surface area contributed by atoms with Crippen molar-refractivity contribution in [3.63, 3.8) is 0 Å². The highest BCUT2D eigenvalue weighted by Gasteiger charge is 2.41. The van der Waals surface area contributed by atoms with Crippen LogP contribution in [-0.2, 0) is 6.54 Å². The molecule has 1 aromatic rings. The van der Waals surface area contributed by atoms with Gasteiger partial charge in [-0.3, -0.25) is 4.68 Å². The molecular weight excluding hydrogens is 192 g/mol. The van der Waals surface area contributed by atoms with Gasteiger partial charge >= 0.3 is 0 Å². The van der Waals surface area contributed by atoms with Gasteiger partial charge in [-0.1, -0.05) is 11.6 Å². The number of thiol groups is 1. The summed E-state index contributed by atoms with van der Waals surface area (Å²) in [5, 5.41) is 4.85. The molecule has 0 amide bonds. The number of halogens is 1. The average molecular weight is 203 g/mol. The summed E-state index contributed by atoms with van der Waals surface area (Å²) >= 11 is 10.1. The summed E-state index contributed by atoms with van der Waals surface area (Å²) in [5.41, 5.74) is 0.415. The molecule has 4 heteroatoms. The monoisotopic (exact) mass is 202 g/mol. The summed E-state index contributed by atoms with van der Waals surface area (Å²) < 4.78 is 1.91. The van der Waals surface area contributed by atoms with Gasteiger partial charge in [-0.05, 0) is 24.0 Å². The maximum absolute atomic E-state index is 5.75. The van der Waals surface area contributed by atoms with Gasteiger partial charge in [-0.15, -0.1) is 0 Å². The van der Waals surface area contributed by atoms with Crippen LogP contribution < -0.4 is 0 Å². The Balaban J connectivity index is 2.04. The van der Waals surface area contributed by atoms with E-state index in [0.29, 0.717) is 10.4 Å². The first-order valence-corrected chi connectivity index (χ1v) is 5.04. The van der Waals surface area contributed by atoms with Crippen LogP contribution in [0.5, 0.6) is 0 Å². The maximum Gasteiger partial charge on any atom is 0.0785 e. The largest absolute Gasteiger partial charge is 0.271 e. The first kappa shape index (κ1) is 8.45. The van der Waals surface area contributed by atoms with Crippen molar-refractivity contribution >= 4 is 24.2 Å². The molecule has 12 heavy (non-hydrogen) atoms. The minimum absolute atomic E-state index is 0.415. The van der Waals surface area contributed by atoms with Crippen molar-refractivity contribution in [2.24, 2.45) is 5.41 Å². The smallest absolute Gasteiger partial charge is 0.0785 e. The van der Waals surface area contributed by atoms with E-state index in [-0.39, 0.29) is 0 Å². The molecule has 66 valence electrons. The third kappa shape index (κ3) is 1.62. The zero-order chi connectivity index (χ0) is 8.60. The third-order valence-corrected chi connectivity index (χ3v) is 3.26. The van der Waals surface area contributed by atoms with Crippen molar-refractivity contribution in [3.8, 4) is 0 Å². The zero-order valence-corrected chi connectivity index (χ0v) is 8.35. The van der Waals surface area contributed by atoms with Gasteiger partial charge in [-0.2, -0.15) is 17.7 Å². The highest BCUT2D eigenvalue weighted by atomic mass is 35.5. The van der Waals surface area contributed by atoms with Crippen molar-refractivity contribution in [3.05, 3.63) is 17.4 Å². The minimum Gasteiger partial charge on any atom is -0.271 e.